The first-order valence-corrected chi connectivity index (χ1v) is 17.7. The molecule has 2 aromatic carbocycles. The van der Waals surface area contributed by atoms with E-state index in [4.69, 9.17) is 9.47 Å². The molecule has 0 radical (unpaired) electrons. The van der Waals surface area contributed by atoms with Crippen molar-refractivity contribution in [1.29, 1.82) is 0 Å². The van der Waals surface area contributed by atoms with Gasteiger partial charge in [0.1, 0.15) is 17.7 Å². The van der Waals surface area contributed by atoms with Crippen LogP contribution in [0.1, 0.15) is 49.0 Å². The van der Waals surface area contributed by atoms with Crippen LogP contribution in [-0.2, 0) is 28.7 Å². The number of nitrogens with zero attached hydrogens (tertiary/aromatic N) is 3. The van der Waals surface area contributed by atoms with Crippen LogP contribution < -0.4 is 4.90 Å². The lowest BCUT2D eigenvalue weighted by molar-refractivity contribution is -0.164. The average molecular weight is 737 g/mol. The standard InChI is InChI=1S/C38H46BrN3O7/c1-7-9-15-29(44)40(6)25(5)32(26-13-11-10-12-14-26)48-37(47)30-31-35(45)42(19-20-43)34(38(31)22-27(39)33(30)49-38)36(46)41(18-8-2)28-21-23(3)16-17-24(28)4/h7-8,10-14,16-17,21,25,27,30-34,43H,1-2,9,15,18-20,22H2,3-6H3/t25-,27?,30-,31+,32+,33-,34-,38+/m1/s1. The molecular weight excluding hydrogens is 690 g/mol. The Balaban J connectivity index is 1.51. The highest BCUT2D eigenvalue weighted by molar-refractivity contribution is 9.09. The number of likely N-dealkylation sites (tertiary alicyclic amines) is 1. The van der Waals surface area contributed by atoms with Gasteiger partial charge >= 0.3 is 5.97 Å². The first-order chi connectivity index (χ1) is 23.4. The first kappa shape index (κ1) is 36.5. The van der Waals surface area contributed by atoms with Gasteiger partial charge in [0.15, 0.2) is 0 Å². The zero-order chi connectivity index (χ0) is 35.6. The first-order valence-electron chi connectivity index (χ1n) is 16.8. The molecule has 2 aromatic rings. The van der Waals surface area contributed by atoms with Crippen molar-refractivity contribution in [3.63, 3.8) is 0 Å². The molecule has 8 atom stereocenters. The van der Waals surface area contributed by atoms with E-state index < -0.39 is 53.6 Å². The molecule has 3 heterocycles. The molecule has 0 saturated carbocycles. The number of alkyl halides is 1. The average Bonchev–Trinajstić information content (AvgIpc) is 3.68. The second kappa shape index (κ2) is 15.0. The number of rotatable bonds is 14. The van der Waals surface area contributed by atoms with E-state index in [-0.39, 0.29) is 42.8 Å². The van der Waals surface area contributed by atoms with E-state index in [1.54, 1.807) is 29.0 Å². The number of hydrogen-bond donors (Lipinski definition) is 1. The van der Waals surface area contributed by atoms with E-state index in [1.165, 1.54) is 4.90 Å². The summed E-state index contributed by atoms with van der Waals surface area (Å²) in [7, 11) is 1.68. The number of hydrogen-bond acceptors (Lipinski definition) is 7. The minimum atomic E-state index is -1.34. The molecule has 1 unspecified atom stereocenters. The Morgan fingerprint density at radius 2 is 1.88 bits per heavy atom. The van der Waals surface area contributed by atoms with Gasteiger partial charge < -0.3 is 29.3 Å². The molecule has 3 aliphatic rings. The van der Waals surface area contributed by atoms with Crippen molar-refractivity contribution in [2.24, 2.45) is 11.8 Å². The number of aliphatic hydroxyl groups excluding tert-OH is 1. The van der Waals surface area contributed by atoms with Crippen LogP contribution in [0.3, 0.4) is 0 Å². The highest BCUT2D eigenvalue weighted by Gasteiger charge is 2.77. The summed E-state index contributed by atoms with van der Waals surface area (Å²) in [6.07, 6.45) is 2.83. The fourth-order valence-corrected chi connectivity index (χ4v) is 8.69. The second-order valence-corrected chi connectivity index (χ2v) is 14.5. The number of aryl methyl sites for hydroxylation is 2. The summed E-state index contributed by atoms with van der Waals surface area (Å²) >= 11 is 3.72. The Hall–Kier alpha value is -3.80. The van der Waals surface area contributed by atoms with Crippen LogP contribution in [0.15, 0.2) is 73.8 Å². The van der Waals surface area contributed by atoms with E-state index in [0.29, 0.717) is 24.1 Å². The number of allylic oxidation sites excluding steroid dienone is 1. The lowest BCUT2D eigenvalue weighted by Crippen LogP contribution is -2.57. The van der Waals surface area contributed by atoms with Crippen molar-refractivity contribution >= 4 is 45.3 Å². The number of amides is 3. The van der Waals surface area contributed by atoms with Crippen LogP contribution in [-0.4, -0.2) is 94.0 Å². The van der Waals surface area contributed by atoms with Gasteiger partial charge in [0, 0.05) is 37.1 Å². The van der Waals surface area contributed by atoms with Crippen molar-refractivity contribution in [1.82, 2.24) is 9.80 Å². The minimum Gasteiger partial charge on any atom is -0.455 e. The van der Waals surface area contributed by atoms with Crippen LogP contribution in [0.5, 0.6) is 0 Å². The largest absolute Gasteiger partial charge is 0.455 e. The number of fused-ring (bicyclic) bond motifs is 1. The van der Waals surface area contributed by atoms with Crippen LogP contribution in [0.2, 0.25) is 0 Å². The fraction of sp³-hybridized carbons (Fsp3) is 0.474. The Morgan fingerprint density at radius 1 is 1.16 bits per heavy atom. The van der Waals surface area contributed by atoms with Crippen LogP contribution in [0.25, 0.3) is 0 Å². The monoisotopic (exact) mass is 735 g/mol. The third-order valence-electron chi connectivity index (χ3n) is 10.2. The van der Waals surface area contributed by atoms with Gasteiger partial charge in [-0.1, -0.05) is 70.5 Å². The molecule has 2 bridgehead atoms. The topological polar surface area (TPSA) is 117 Å². The molecule has 0 aromatic heterocycles. The zero-order valence-electron chi connectivity index (χ0n) is 28.6. The third kappa shape index (κ3) is 6.60. The number of carbonyl (C=O) groups is 4. The fourth-order valence-electron chi connectivity index (χ4n) is 7.74. The molecule has 49 heavy (non-hydrogen) atoms. The van der Waals surface area contributed by atoms with E-state index >= 15 is 0 Å². The molecule has 5 rings (SSSR count). The molecular formula is C38H46BrN3O7. The smallest absolute Gasteiger partial charge is 0.313 e. The van der Waals surface area contributed by atoms with Crippen LogP contribution >= 0.6 is 15.9 Å². The summed E-state index contributed by atoms with van der Waals surface area (Å²) < 4.78 is 13.0. The van der Waals surface area contributed by atoms with Crippen molar-refractivity contribution in [2.45, 2.75) is 74.8 Å². The SMILES string of the molecule is C=CCCC(=O)N(C)[C@H](C)[C@H](OC(=O)[C@H]1[C@@H]2O[C@@]3(CC2Br)[C@@H]1C(=O)N(CCO)[C@@H]3C(=O)N(CC=C)c1cc(C)ccc1C)c1ccccc1. The second-order valence-electron chi connectivity index (χ2n) is 13.3. The maximum absolute atomic E-state index is 14.8. The summed E-state index contributed by atoms with van der Waals surface area (Å²) in [4.78, 5) is 60.8. The summed E-state index contributed by atoms with van der Waals surface area (Å²) in [5.41, 5.74) is 1.88. The Labute approximate surface area is 296 Å². The molecule has 1 N–H and O–H groups in total. The van der Waals surface area contributed by atoms with Crippen LogP contribution in [0, 0.1) is 25.7 Å². The summed E-state index contributed by atoms with van der Waals surface area (Å²) in [6.45, 7) is 13.0. The van der Waals surface area contributed by atoms with Gasteiger partial charge in [-0.3, -0.25) is 19.2 Å². The number of anilines is 1. The van der Waals surface area contributed by atoms with E-state index in [0.717, 1.165) is 11.1 Å². The minimum absolute atomic E-state index is 0.105. The van der Waals surface area contributed by atoms with Gasteiger partial charge in [0.05, 0.1) is 30.6 Å². The van der Waals surface area contributed by atoms with Gasteiger partial charge in [-0.25, -0.2) is 0 Å². The lowest BCUT2D eigenvalue weighted by Gasteiger charge is -2.37. The summed E-state index contributed by atoms with van der Waals surface area (Å²) in [5, 5.41) is 10.1. The molecule has 11 heteroatoms. The van der Waals surface area contributed by atoms with Crippen molar-refractivity contribution < 1.29 is 33.8 Å². The van der Waals surface area contributed by atoms with Gasteiger partial charge in [0.2, 0.25) is 11.8 Å². The summed E-state index contributed by atoms with van der Waals surface area (Å²) in [6, 6.07) is 13.4. The maximum atomic E-state index is 14.8. The maximum Gasteiger partial charge on any atom is 0.313 e. The Kier molecular flexibility index (Phi) is 11.2. The van der Waals surface area contributed by atoms with Crippen molar-refractivity contribution in [3.05, 3.63) is 90.5 Å². The number of β-amino-alcohol motifs (C(OH)–C–C–N with tert-alkyl or cyclic N) is 1. The molecule has 262 valence electrons. The number of likely N-dealkylation sites (N-methyl/N-ethyl adjacent to an activating group) is 1. The zero-order valence-corrected chi connectivity index (χ0v) is 30.2. The molecule has 1 spiro atoms. The molecule has 3 aliphatic heterocycles. The third-order valence-corrected chi connectivity index (χ3v) is 11.1. The number of benzene rings is 2. The highest BCUT2D eigenvalue weighted by atomic mass is 79.9. The molecule has 3 saturated heterocycles. The van der Waals surface area contributed by atoms with E-state index in [9.17, 15) is 24.3 Å². The molecule has 10 nitrogen and oxygen atoms in total. The van der Waals surface area contributed by atoms with Gasteiger partial charge in [0.25, 0.3) is 5.91 Å². The molecule has 3 amide bonds. The summed E-state index contributed by atoms with van der Waals surface area (Å²) in [5.74, 6) is -3.61. The van der Waals surface area contributed by atoms with Crippen molar-refractivity contribution in [3.8, 4) is 0 Å². The predicted octanol–water partition coefficient (Wildman–Crippen LogP) is 4.66. The van der Waals surface area contributed by atoms with E-state index in [1.807, 2.05) is 69.3 Å². The number of aliphatic hydroxyl groups is 1. The quantitative estimate of drug-likeness (QED) is 0.171. The molecule has 0 aliphatic carbocycles. The van der Waals surface area contributed by atoms with Gasteiger partial charge in [-0.2, -0.15) is 0 Å². The number of esters is 1. The van der Waals surface area contributed by atoms with Gasteiger partial charge in [-0.15, -0.1) is 13.2 Å². The normalized spacial score (nSPS) is 26.5. The predicted molar refractivity (Wildman–Crippen MR) is 190 cm³/mol. The van der Waals surface area contributed by atoms with Gasteiger partial charge in [-0.05, 0) is 56.4 Å². The lowest BCUT2D eigenvalue weighted by atomic mass is 9.70. The van der Waals surface area contributed by atoms with E-state index in [2.05, 4.69) is 29.1 Å². The number of carbonyl (C=O) groups excluding carboxylic acids is 4. The Bertz CT molecular complexity index is 1600. The number of halogens is 1. The van der Waals surface area contributed by atoms with Crippen LogP contribution in [0.4, 0.5) is 5.69 Å². The Morgan fingerprint density at radius 3 is 2.53 bits per heavy atom. The van der Waals surface area contributed by atoms with Crippen molar-refractivity contribution in [2.75, 3.05) is 31.6 Å². The molecule has 3 fully saturated rings. The highest BCUT2D eigenvalue weighted by Crippen LogP contribution is 2.60. The number of ether oxygens (including phenoxy) is 2.